The van der Waals surface area contributed by atoms with Crippen molar-refractivity contribution in [3.05, 3.63) is 33.4 Å². The molecule has 0 heterocycles. The van der Waals surface area contributed by atoms with Crippen LogP contribution in [0.15, 0.2) is 12.1 Å². The smallest absolute Gasteiger partial charge is 0.426 e. The number of nitro groups is 1. The fraction of sp³-hybridized carbons (Fsp3) is 0.300. The molecule has 0 saturated carbocycles. The fourth-order valence-electron chi connectivity index (χ4n) is 1.51. The van der Waals surface area contributed by atoms with Crippen molar-refractivity contribution < 1.29 is 36.4 Å². The zero-order valence-corrected chi connectivity index (χ0v) is 9.70. The molecule has 0 spiro atoms. The lowest BCUT2D eigenvalue weighted by molar-refractivity contribution is -0.388. The Morgan fingerprint density at radius 1 is 1.35 bits per heavy atom. The highest BCUT2D eigenvalue weighted by molar-refractivity contribution is 5.99. The van der Waals surface area contributed by atoms with E-state index in [0.29, 0.717) is 12.1 Å². The predicted molar refractivity (Wildman–Crippen MR) is 54.7 cm³/mol. The Hall–Kier alpha value is -2.26. The van der Waals surface area contributed by atoms with Gasteiger partial charge in [-0.25, -0.2) is 0 Å². The van der Waals surface area contributed by atoms with E-state index in [2.05, 4.69) is 4.74 Å². The van der Waals surface area contributed by atoms with Gasteiger partial charge < -0.3 is 4.74 Å². The van der Waals surface area contributed by atoms with Crippen LogP contribution in [-0.4, -0.2) is 17.3 Å². The van der Waals surface area contributed by atoms with E-state index in [1.807, 2.05) is 0 Å². The van der Waals surface area contributed by atoms with Gasteiger partial charge in [0.2, 0.25) is 0 Å². The van der Waals surface area contributed by atoms with Crippen molar-refractivity contribution in [3.63, 3.8) is 0 Å². The average Bonchev–Trinajstić information content (AvgIpc) is 2.25. The number of rotatable bonds is 4. The van der Waals surface area contributed by atoms with Crippen LogP contribution in [0.4, 0.5) is 27.6 Å². The maximum Gasteiger partial charge on any atom is 0.426 e. The Morgan fingerprint density at radius 2 is 1.90 bits per heavy atom. The summed E-state index contributed by atoms with van der Waals surface area (Å²) in [6.45, 7) is -2.78. The molecule has 0 N–H and O–H groups in total. The molecule has 110 valence electrons. The molecule has 10 heteroatoms. The molecule has 1 aromatic carbocycles. The lowest BCUT2D eigenvalue weighted by Gasteiger charge is -2.14. The molecular formula is C10H6F5NO4. The van der Waals surface area contributed by atoms with Gasteiger partial charge in [0.05, 0.1) is 10.5 Å². The number of hydrogen-bond acceptors (Lipinski definition) is 4. The average molecular weight is 299 g/mol. The molecule has 1 aromatic rings. The SMILES string of the molecule is CC(=O)c1ccc(OC(F)F)c(C(F)(F)F)c1[N+](=O)[O-]. The lowest BCUT2D eigenvalue weighted by Crippen LogP contribution is -2.16. The van der Waals surface area contributed by atoms with E-state index in [-0.39, 0.29) is 0 Å². The molecule has 0 radical (unpaired) electrons. The topological polar surface area (TPSA) is 69.4 Å². The van der Waals surface area contributed by atoms with Crippen LogP contribution in [0, 0.1) is 10.1 Å². The molecule has 0 aliphatic heterocycles. The zero-order chi connectivity index (χ0) is 15.7. The number of alkyl halides is 5. The van der Waals surface area contributed by atoms with Crippen molar-refractivity contribution in [2.24, 2.45) is 0 Å². The number of hydrogen-bond donors (Lipinski definition) is 0. The Kier molecular flexibility index (Phi) is 4.26. The van der Waals surface area contributed by atoms with Crippen LogP contribution in [0.3, 0.4) is 0 Å². The van der Waals surface area contributed by atoms with Gasteiger partial charge in [-0.2, -0.15) is 22.0 Å². The summed E-state index contributed by atoms with van der Waals surface area (Å²) in [5, 5.41) is 10.7. The van der Waals surface area contributed by atoms with Gasteiger partial charge in [-0.1, -0.05) is 0 Å². The number of Topliss-reactive ketones (excluding diaryl/α,β-unsaturated/α-hetero) is 1. The molecule has 0 aromatic heterocycles. The molecular weight excluding hydrogens is 293 g/mol. The first-order valence-electron chi connectivity index (χ1n) is 4.90. The molecule has 0 bridgehead atoms. The van der Waals surface area contributed by atoms with E-state index in [0.717, 1.165) is 6.92 Å². The van der Waals surface area contributed by atoms with Crippen molar-refractivity contribution in [1.82, 2.24) is 0 Å². The van der Waals surface area contributed by atoms with Crippen LogP contribution < -0.4 is 4.74 Å². The van der Waals surface area contributed by atoms with E-state index in [1.165, 1.54) is 0 Å². The highest BCUT2D eigenvalue weighted by Crippen LogP contribution is 2.44. The first-order valence-corrected chi connectivity index (χ1v) is 4.90. The summed E-state index contributed by atoms with van der Waals surface area (Å²) in [6.07, 6.45) is -5.34. The van der Waals surface area contributed by atoms with Crippen molar-refractivity contribution in [2.45, 2.75) is 19.7 Å². The van der Waals surface area contributed by atoms with Gasteiger partial charge in [-0.3, -0.25) is 14.9 Å². The molecule has 20 heavy (non-hydrogen) atoms. The van der Waals surface area contributed by atoms with E-state index in [4.69, 9.17) is 0 Å². The van der Waals surface area contributed by atoms with E-state index in [9.17, 15) is 36.9 Å². The van der Waals surface area contributed by atoms with Gasteiger partial charge in [0, 0.05) is 0 Å². The summed E-state index contributed by atoms with van der Waals surface area (Å²) >= 11 is 0. The highest BCUT2D eigenvalue weighted by atomic mass is 19.4. The number of nitrogens with zero attached hydrogens (tertiary/aromatic N) is 1. The van der Waals surface area contributed by atoms with Crippen LogP contribution in [0.2, 0.25) is 0 Å². The number of carbonyl (C=O) groups is 1. The molecule has 0 atom stereocenters. The van der Waals surface area contributed by atoms with Crippen LogP contribution in [0.1, 0.15) is 22.8 Å². The maximum absolute atomic E-state index is 12.8. The Balaban J connectivity index is 3.71. The third-order valence-corrected chi connectivity index (χ3v) is 2.20. The Morgan fingerprint density at radius 3 is 2.25 bits per heavy atom. The molecule has 1 rings (SSSR count). The van der Waals surface area contributed by atoms with Gasteiger partial charge >= 0.3 is 12.8 Å². The van der Waals surface area contributed by atoms with Crippen molar-refractivity contribution in [3.8, 4) is 5.75 Å². The Labute approximate surface area is 108 Å². The minimum absolute atomic E-state index is 0.443. The van der Waals surface area contributed by atoms with Crippen LogP contribution >= 0.6 is 0 Å². The highest BCUT2D eigenvalue weighted by Gasteiger charge is 2.44. The van der Waals surface area contributed by atoms with Gasteiger partial charge in [0.15, 0.2) is 11.3 Å². The maximum atomic E-state index is 12.8. The van der Waals surface area contributed by atoms with Crippen LogP contribution in [0.25, 0.3) is 0 Å². The largest absolute Gasteiger partial charge is 0.434 e. The normalized spacial score (nSPS) is 11.6. The minimum atomic E-state index is -5.34. The summed E-state index contributed by atoms with van der Waals surface area (Å²) in [4.78, 5) is 20.4. The first kappa shape index (κ1) is 15.8. The number of nitro benzene ring substituents is 1. The summed E-state index contributed by atoms with van der Waals surface area (Å²) < 4.78 is 66.2. The molecule has 0 amide bonds. The molecule has 0 fully saturated rings. The number of carbonyl (C=O) groups excluding carboxylic acids is 1. The second-order valence-corrected chi connectivity index (χ2v) is 3.52. The predicted octanol–water partition coefficient (Wildman–Crippen LogP) is 3.42. The zero-order valence-electron chi connectivity index (χ0n) is 9.70. The van der Waals surface area contributed by atoms with Gasteiger partial charge in [-0.15, -0.1) is 0 Å². The third kappa shape index (κ3) is 3.19. The number of ether oxygens (including phenoxy) is 1. The summed E-state index contributed by atoms with van der Waals surface area (Å²) in [5.74, 6) is -2.42. The third-order valence-electron chi connectivity index (χ3n) is 2.20. The van der Waals surface area contributed by atoms with E-state index in [1.54, 1.807) is 0 Å². The monoisotopic (exact) mass is 299 g/mol. The number of benzene rings is 1. The molecule has 0 aliphatic rings. The van der Waals surface area contributed by atoms with Gasteiger partial charge in [0.25, 0.3) is 5.69 Å². The number of ketones is 1. The second-order valence-electron chi connectivity index (χ2n) is 3.52. The molecule has 0 unspecified atom stereocenters. The standard InChI is InChI=1S/C10H6F5NO4/c1-4(17)5-2-3-6(20-9(11)12)7(10(13,14)15)8(5)16(18)19/h2-3,9H,1H3. The molecule has 5 nitrogen and oxygen atoms in total. The van der Waals surface area contributed by atoms with Crippen molar-refractivity contribution in [2.75, 3.05) is 0 Å². The summed E-state index contributed by atoms with van der Waals surface area (Å²) in [7, 11) is 0. The van der Waals surface area contributed by atoms with Crippen molar-refractivity contribution >= 4 is 11.5 Å². The first-order chi connectivity index (χ1) is 9.05. The van der Waals surface area contributed by atoms with Crippen LogP contribution in [-0.2, 0) is 6.18 Å². The van der Waals surface area contributed by atoms with E-state index < -0.39 is 46.1 Å². The molecule has 0 aliphatic carbocycles. The molecule has 0 saturated heterocycles. The summed E-state index contributed by atoms with van der Waals surface area (Å²) in [5.41, 5.74) is -4.47. The lowest BCUT2D eigenvalue weighted by atomic mass is 10.0. The second kappa shape index (κ2) is 5.39. The Bertz CT molecular complexity index is 555. The van der Waals surface area contributed by atoms with Gasteiger partial charge in [0.1, 0.15) is 5.75 Å². The van der Waals surface area contributed by atoms with E-state index >= 15 is 0 Å². The fourth-order valence-corrected chi connectivity index (χ4v) is 1.51. The van der Waals surface area contributed by atoms with Gasteiger partial charge in [-0.05, 0) is 19.1 Å². The van der Waals surface area contributed by atoms with Crippen molar-refractivity contribution in [1.29, 1.82) is 0 Å². The number of halogens is 5. The quantitative estimate of drug-likeness (QED) is 0.370. The minimum Gasteiger partial charge on any atom is -0.434 e. The summed E-state index contributed by atoms with van der Waals surface area (Å²) in [6, 6.07) is 1.08. The van der Waals surface area contributed by atoms with Crippen LogP contribution in [0.5, 0.6) is 5.75 Å².